The molecule has 18 heavy (non-hydrogen) atoms. The number of carboxylic acid groups (broad SMARTS) is 1. The Hall–Kier alpha value is -1.88. The molecule has 0 radical (unpaired) electrons. The number of carbonyl (C=O) groups is 1. The van der Waals surface area contributed by atoms with E-state index in [1.807, 2.05) is 13.8 Å². The smallest absolute Gasteiger partial charge is 0.335 e. The number of benzene rings is 1. The quantitative estimate of drug-likeness (QED) is 0.835. The van der Waals surface area contributed by atoms with Gasteiger partial charge in [-0.25, -0.2) is 14.8 Å². The zero-order valence-electron chi connectivity index (χ0n) is 9.94. The van der Waals surface area contributed by atoms with Crippen molar-refractivity contribution in [2.45, 2.75) is 19.9 Å². The lowest BCUT2D eigenvalue weighted by Crippen LogP contribution is -2.12. The van der Waals surface area contributed by atoms with E-state index in [4.69, 9.17) is 16.7 Å². The number of nitrogens with one attached hydrogen (secondary N) is 1. The van der Waals surface area contributed by atoms with E-state index in [9.17, 15) is 4.79 Å². The second kappa shape index (κ2) is 4.78. The molecule has 0 spiro atoms. The second-order valence-corrected chi connectivity index (χ2v) is 4.52. The highest BCUT2D eigenvalue weighted by atomic mass is 35.5. The summed E-state index contributed by atoms with van der Waals surface area (Å²) in [6, 6.07) is 4.88. The Morgan fingerprint density at radius 3 is 2.72 bits per heavy atom. The summed E-state index contributed by atoms with van der Waals surface area (Å²) >= 11 is 5.83. The minimum atomic E-state index is -0.995. The molecule has 1 aromatic heterocycles. The van der Waals surface area contributed by atoms with Crippen LogP contribution in [0.3, 0.4) is 0 Å². The van der Waals surface area contributed by atoms with E-state index < -0.39 is 5.97 Å². The Bertz CT molecular complexity index is 614. The summed E-state index contributed by atoms with van der Waals surface area (Å²) in [5.74, 6) is -0.387. The van der Waals surface area contributed by atoms with Crippen molar-refractivity contribution >= 4 is 34.3 Å². The van der Waals surface area contributed by atoms with Gasteiger partial charge in [0.15, 0.2) is 0 Å². The first-order valence-electron chi connectivity index (χ1n) is 5.44. The Morgan fingerprint density at radius 2 is 2.11 bits per heavy atom. The van der Waals surface area contributed by atoms with Gasteiger partial charge in [-0.3, -0.25) is 0 Å². The van der Waals surface area contributed by atoms with Crippen LogP contribution < -0.4 is 5.32 Å². The molecule has 6 heteroatoms. The minimum absolute atomic E-state index is 0.0909. The number of carboxylic acids is 1. The van der Waals surface area contributed by atoms with Crippen LogP contribution in [0.15, 0.2) is 18.2 Å². The van der Waals surface area contributed by atoms with Crippen LogP contribution in [0.5, 0.6) is 0 Å². The van der Waals surface area contributed by atoms with Gasteiger partial charge in [0, 0.05) is 11.4 Å². The summed E-state index contributed by atoms with van der Waals surface area (Å²) in [5, 5.41) is 12.9. The van der Waals surface area contributed by atoms with E-state index in [1.54, 1.807) is 6.07 Å². The molecule has 0 aliphatic rings. The van der Waals surface area contributed by atoms with E-state index in [0.717, 1.165) is 5.39 Å². The molecule has 0 fully saturated rings. The fourth-order valence-electron chi connectivity index (χ4n) is 1.62. The summed E-state index contributed by atoms with van der Waals surface area (Å²) in [4.78, 5) is 19.0. The first-order chi connectivity index (χ1) is 8.47. The van der Waals surface area contributed by atoms with E-state index in [-0.39, 0.29) is 16.9 Å². The highest BCUT2D eigenvalue weighted by Crippen LogP contribution is 2.23. The van der Waals surface area contributed by atoms with Crippen LogP contribution in [0.25, 0.3) is 10.9 Å². The topological polar surface area (TPSA) is 75.1 Å². The Labute approximate surface area is 109 Å². The third kappa shape index (κ3) is 2.51. The van der Waals surface area contributed by atoms with Crippen molar-refractivity contribution in [2.24, 2.45) is 0 Å². The number of rotatable bonds is 3. The lowest BCUT2D eigenvalue weighted by atomic mass is 10.1. The largest absolute Gasteiger partial charge is 0.478 e. The summed E-state index contributed by atoms with van der Waals surface area (Å²) < 4.78 is 0. The highest BCUT2D eigenvalue weighted by Gasteiger charge is 2.10. The third-order valence-electron chi connectivity index (χ3n) is 2.34. The van der Waals surface area contributed by atoms with Gasteiger partial charge in [0.05, 0.1) is 11.1 Å². The maximum absolute atomic E-state index is 10.9. The first-order valence-corrected chi connectivity index (χ1v) is 5.82. The van der Waals surface area contributed by atoms with Gasteiger partial charge in [0.2, 0.25) is 5.28 Å². The second-order valence-electron chi connectivity index (χ2n) is 4.18. The average molecular weight is 266 g/mol. The van der Waals surface area contributed by atoms with Gasteiger partial charge in [0.1, 0.15) is 5.82 Å². The van der Waals surface area contributed by atoms with Gasteiger partial charge in [0.25, 0.3) is 0 Å². The van der Waals surface area contributed by atoms with Crippen molar-refractivity contribution < 1.29 is 9.90 Å². The molecule has 0 atom stereocenters. The standard InChI is InChI=1S/C12H12ClN3O2/c1-6(2)14-10-8-4-3-7(11(17)18)5-9(8)15-12(13)16-10/h3-6H,1-2H3,(H,17,18)(H,14,15,16). The Morgan fingerprint density at radius 1 is 1.39 bits per heavy atom. The predicted molar refractivity (Wildman–Crippen MR) is 70.3 cm³/mol. The molecule has 0 saturated carbocycles. The summed E-state index contributed by atoms with van der Waals surface area (Å²) in [5.41, 5.74) is 0.686. The molecule has 1 aromatic carbocycles. The van der Waals surface area contributed by atoms with Crippen LogP contribution in [0.4, 0.5) is 5.82 Å². The third-order valence-corrected chi connectivity index (χ3v) is 2.51. The molecular formula is C12H12ClN3O2. The zero-order chi connectivity index (χ0) is 13.3. The number of halogens is 1. The number of nitrogens with zero attached hydrogens (tertiary/aromatic N) is 2. The first kappa shape index (κ1) is 12.6. The van der Waals surface area contributed by atoms with Crippen molar-refractivity contribution in [3.8, 4) is 0 Å². The highest BCUT2D eigenvalue weighted by molar-refractivity contribution is 6.28. The maximum atomic E-state index is 10.9. The number of hydrogen-bond donors (Lipinski definition) is 2. The molecule has 2 N–H and O–H groups in total. The van der Waals surface area contributed by atoms with Gasteiger partial charge in [-0.2, -0.15) is 0 Å². The van der Waals surface area contributed by atoms with Crippen molar-refractivity contribution in [1.82, 2.24) is 9.97 Å². The fraction of sp³-hybridized carbons (Fsp3) is 0.250. The number of aromatic carboxylic acids is 1. The van der Waals surface area contributed by atoms with Gasteiger partial charge in [-0.05, 0) is 43.6 Å². The van der Waals surface area contributed by atoms with Crippen LogP contribution >= 0.6 is 11.6 Å². The molecule has 0 bridgehead atoms. The summed E-state index contributed by atoms with van der Waals surface area (Å²) in [7, 11) is 0. The molecule has 94 valence electrons. The van der Waals surface area contributed by atoms with E-state index in [1.165, 1.54) is 12.1 Å². The zero-order valence-corrected chi connectivity index (χ0v) is 10.7. The molecule has 0 unspecified atom stereocenters. The van der Waals surface area contributed by atoms with Crippen molar-refractivity contribution in [2.75, 3.05) is 5.32 Å². The monoisotopic (exact) mass is 265 g/mol. The summed E-state index contributed by atoms with van der Waals surface area (Å²) in [6.45, 7) is 3.96. The minimum Gasteiger partial charge on any atom is -0.478 e. The van der Waals surface area contributed by atoms with Crippen molar-refractivity contribution in [1.29, 1.82) is 0 Å². The summed E-state index contributed by atoms with van der Waals surface area (Å²) in [6.07, 6.45) is 0. The number of hydrogen-bond acceptors (Lipinski definition) is 4. The van der Waals surface area contributed by atoms with Crippen LogP contribution in [0.2, 0.25) is 5.28 Å². The molecule has 0 amide bonds. The molecule has 5 nitrogen and oxygen atoms in total. The van der Waals surface area contributed by atoms with Gasteiger partial charge >= 0.3 is 5.97 Å². The number of fused-ring (bicyclic) bond motifs is 1. The van der Waals surface area contributed by atoms with Gasteiger partial charge < -0.3 is 10.4 Å². The molecule has 0 saturated heterocycles. The normalized spacial score (nSPS) is 10.9. The number of aromatic nitrogens is 2. The molecule has 1 heterocycles. The van der Waals surface area contributed by atoms with Crippen LogP contribution in [-0.4, -0.2) is 27.1 Å². The van der Waals surface area contributed by atoms with Crippen molar-refractivity contribution in [3.05, 3.63) is 29.0 Å². The molecule has 0 aliphatic heterocycles. The van der Waals surface area contributed by atoms with E-state index in [2.05, 4.69) is 15.3 Å². The lowest BCUT2D eigenvalue weighted by molar-refractivity contribution is 0.0697. The van der Waals surface area contributed by atoms with Gasteiger partial charge in [-0.15, -0.1) is 0 Å². The fourth-order valence-corrected chi connectivity index (χ4v) is 1.79. The van der Waals surface area contributed by atoms with Gasteiger partial charge in [-0.1, -0.05) is 0 Å². The maximum Gasteiger partial charge on any atom is 0.335 e. The van der Waals surface area contributed by atoms with E-state index >= 15 is 0 Å². The Kier molecular flexibility index (Phi) is 3.34. The predicted octanol–water partition coefficient (Wildman–Crippen LogP) is 2.80. The molecule has 2 rings (SSSR count). The Balaban J connectivity index is 2.62. The lowest BCUT2D eigenvalue weighted by Gasteiger charge is -2.11. The van der Waals surface area contributed by atoms with Crippen LogP contribution in [0.1, 0.15) is 24.2 Å². The SMILES string of the molecule is CC(C)Nc1nc(Cl)nc2cc(C(=O)O)ccc12. The van der Waals surface area contributed by atoms with Crippen LogP contribution in [0, 0.1) is 0 Å². The van der Waals surface area contributed by atoms with Crippen molar-refractivity contribution in [3.63, 3.8) is 0 Å². The molecule has 2 aromatic rings. The number of anilines is 1. The molecular weight excluding hydrogens is 254 g/mol. The molecule has 0 aliphatic carbocycles. The average Bonchev–Trinajstić information content (AvgIpc) is 2.26. The van der Waals surface area contributed by atoms with Crippen LogP contribution in [-0.2, 0) is 0 Å². The van der Waals surface area contributed by atoms with E-state index in [0.29, 0.717) is 11.3 Å².